The topological polar surface area (TPSA) is 121 Å². The molecule has 0 atom stereocenters. The molecule has 208 valence electrons. The van der Waals surface area contributed by atoms with Crippen LogP contribution in [-0.2, 0) is 13.7 Å². The number of hydrogen-bond acceptors (Lipinski definition) is 7. The number of para-hydroxylation sites is 1. The van der Waals surface area contributed by atoms with Crippen molar-refractivity contribution in [3.05, 3.63) is 66.2 Å². The van der Waals surface area contributed by atoms with Gasteiger partial charge in [0.2, 0.25) is 0 Å². The van der Waals surface area contributed by atoms with E-state index in [0.29, 0.717) is 51.9 Å². The first-order chi connectivity index (χ1) is 20.1. The second-order valence-corrected chi connectivity index (χ2v) is 10.3. The molecule has 2 aromatic carbocycles. The first-order valence-electron chi connectivity index (χ1n) is 13.7. The normalized spacial score (nSPS) is 14.0. The van der Waals surface area contributed by atoms with E-state index in [0.717, 1.165) is 41.8 Å². The molecule has 1 saturated heterocycles. The van der Waals surface area contributed by atoms with Crippen molar-refractivity contribution in [3.63, 3.8) is 0 Å². The van der Waals surface area contributed by atoms with Gasteiger partial charge in [-0.2, -0.15) is 10.2 Å². The SMILES string of the molecule is Cn1cc(-c2ccc3[nH]nc(-c4nc5c(-c6cc(F)cc(OCCN7CCCC7)c6)cccc5[nH]4)c3n2)c(CO)n1. The largest absolute Gasteiger partial charge is 0.492 e. The van der Waals surface area contributed by atoms with Gasteiger partial charge < -0.3 is 14.8 Å². The molecule has 4 aromatic heterocycles. The van der Waals surface area contributed by atoms with Crippen molar-refractivity contribution in [2.24, 2.45) is 7.05 Å². The molecule has 6 aromatic rings. The molecule has 0 aliphatic carbocycles. The van der Waals surface area contributed by atoms with Gasteiger partial charge in [-0.25, -0.2) is 14.4 Å². The van der Waals surface area contributed by atoms with E-state index in [4.69, 9.17) is 14.7 Å². The van der Waals surface area contributed by atoms with E-state index in [1.807, 2.05) is 42.6 Å². The van der Waals surface area contributed by atoms with Crippen LogP contribution in [0.2, 0.25) is 0 Å². The zero-order valence-corrected chi connectivity index (χ0v) is 22.6. The summed E-state index contributed by atoms with van der Waals surface area (Å²) in [5.74, 6) is 0.675. The van der Waals surface area contributed by atoms with E-state index in [-0.39, 0.29) is 12.4 Å². The number of nitrogens with one attached hydrogen (secondary N) is 2. The first kappa shape index (κ1) is 25.4. The standard InChI is InChI=1S/C30H29FN8O2/c1-38-16-22(26(17-40)37-38)23-7-8-25-28(32-23)29(36-35-25)30-33-24-6-4-5-21(27(24)34-30)18-13-19(31)15-20(14-18)41-12-11-39-9-2-3-10-39/h4-8,13-16,40H,2-3,9-12,17H2,1H3,(H,33,34)(H,35,36). The molecule has 7 rings (SSSR count). The summed E-state index contributed by atoms with van der Waals surface area (Å²) in [5, 5.41) is 21.6. The number of hydrogen-bond donors (Lipinski definition) is 3. The molecule has 1 aliphatic heterocycles. The number of fused-ring (bicyclic) bond motifs is 2. The molecule has 10 nitrogen and oxygen atoms in total. The third kappa shape index (κ3) is 4.83. The van der Waals surface area contributed by atoms with Gasteiger partial charge in [0.1, 0.15) is 23.7 Å². The number of rotatable bonds is 8. The number of pyridine rings is 1. The maximum absolute atomic E-state index is 14.7. The Morgan fingerprint density at radius 3 is 2.73 bits per heavy atom. The van der Waals surface area contributed by atoms with Gasteiger partial charge in [0, 0.05) is 37.0 Å². The van der Waals surface area contributed by atoms with Gasteiger partial charge in [-0.15, -0.1) is 0 Å². The lowest BCUT2D eigenvalue weighted by Crippen LogP contribution is -2.25. The van der Waals surface area contributed by atoms with E-state index in [2.05, 4.69) is 25.2 Å². The Hall–Kier alpha value is -4.61. The lowest BCUT2D eigenvalue weighted by Gasteiger charge is -2.15. The number of benzene rings is 2. The fraction of sp³-hybridized carbons (Fsp3) is 0.267. The van der Waals surface area contributed by atoms with Crippen molar-refractivity contribution < 1.29 is 14.2 Å². The van der Waals surface area contributed by atoms with Crippen LogP contribution in [0, 0.1) is 5.82 Å². The fourth-order valence-corrected chi connectivity index (χ4v) is 5.56. The van der Waals surface area contributed by atoms with Gasteiger partial charge in [-0.3, -0.25) is 14.7 Å². The van der Waals surface area contributed by atoms with Gasteiger partial charge in [0.25, 0.3) is 0 Å². The Kier molecular flexibility index (Phi) is 6.44. The summed E-state index contributed by atoms with van der Waals surface area (Å²) in [6, 6.07) is 14.3. The number of likely N-dealkylation sites (tertiary alicyclic amines) is 1. The zero-order valence-electron chi connectivity index (χ0n) is 22.6. The summed E-state index contributed by atoms with van der Waals surface area (Å²) in [6.45, 7) is 3.35. The summed E-state index contributed by atoms with van der Waals surface area (Å²) >= 11 is 0. The number of nitrogens with zero attached hydrogens (tertiary/aromatic N) is 6. The van der Waals surface area contributed by atoms with Crippen molar-refractivity contribution in [1.29, 1.82) is 0 Å². The van der Waals surface area contributed by atoms with Crippen LogP contribution in [0.4, 0.5) is 4.39 Å². The molecular weight excluding hydrogens is 523 g/mol. The van der Waals surface area contributed by atoms with Crippen molar-refractivity contribution in [3.8, 4) is 39.7 Å². The van der Waals surface area contributed by atoms with Gasteiger partial charge in [0.05, 0.1) is 34.5 Å². The Balaban J connectivity index is 1.23. The second kappa shape index (κ2) is 10.4. The molecule has 0 saturated carbocycles. The molecule has 0 unspecified atom stereocenters. The van der Waals surface area contributed by atoms with E-state index >= 15 is 0 Å². The van der Waals surface area contributed by atoms with E-state index in [9.17, 15) is 9.50 Å². The highest BCUT2D eigenvalue weighted by Gasteiger charge is 2.19. The lowest BCUT2D eigenvalue weighted by atomic mass is 10.0. The number of halogens is 1. The molecule has 1 aliphatic rings. The van der Waals surface area contributed by atoms with Crippen LogP contribution >= 0.6 is 0 Å². The number of aryl methyl sites for hydroxylation is 1. The first-order valence-corrected chi connectivity index (χ1v) is 13.7. The van der Waals surface area contributed by atoms with Crippen LogP contribution in [0.3, 0.4) is 0 Å². The molecule has 0 bridgehead atoms. The molecule has 0 radical (unpaired) electrons. The van der Waals surface area contributed by atoms with E-state index < -0.39 is 0 Å². The van der Waals surface area contributed by atoms with Crippen molar-refractivity contribution in [1.82, 2.24) is 39.8 Å². The lowest BCUT2D eigenvalue weighted by molar-refractivity contribution is 0.237. The van der Waals surface area contributed by atoms with Gasteiger partial charge >= 0.3 is 0 Å². The van der Waals surface area contributed by atoms with Crippen LogP contribution < -0.4 is 4.74 Å². The van der Waals surface area contributed by atoms with Gasteiger partial charge in [-0.1, -0.05) is 12.1 Å². The minimum absolute atomic E-state index is 0.189. The smallest absolute Gasteiger partial charge is 0.161 e. The summed E-state index contributed by atoms with van der Waals surface area (Å²) in [6.07, 6.45) is 4.27. The minimum atomic E-state index is -0.362. The quantitative estimate of drug-likeness (QED) is 0.251. The molecule has 41 heavy (non-hydrogen) atoms. The summed E-state index contributed by atoms with van der Waals surface area (Å²) in [4.78, 5) is 15.5. The van der Waals surface area contributed by atoms with Crippen molar-refractivity contribution in [2.75, 3.05) is 26.2 Å². The third-order valence-corrected chi connectivity index (χ3v) is 7.53. The number of imidazole rings is 1. The maximum Gasteiger partial charge on any atom is 0.161 e. The van der Waals surface area contributed by atoms with Crippen LogP contribution in [0.25, 0.3) is 56.0 Å². The summed E-state index contributed by atoms with van der Waals surface area (Å²) in [5.41, 5.74) is 6.87. The maximum atomic E-state index is 14.7. The van der Waals surface area contributed by atoms with Crippen molar-refractivity contribution >= 4 is 22.1 Å². The van der Waals surface area contributed by atoms with E-state index in [1.54, 1.807) is 11.7 Å². The molecule has 3 N–H and O–H groups in total. The van der Waals surface area contributed by atoms with Crippen molar-refractivity contribution in [2.45, 2.75) is 19.4 Å². The number of H-pyrrole nitrogens is 2. The molecule has 1 fully saturated rings. The summed E-state index contributed by atoms with van der Waals surface area (Å²) < 4.78 is 22.3. The monoisotopic (exact) mass is 552 g/mol. The number of aromatic nitrogens is 7. The third-order valence-electron chi connectivity index (χ3n) is 7.53. The fourth-order valence-electron chi connectivity index (χ4n) is 5.56. The number of aromatic amines is 2. The number of aliphatic hydroxyl groups excluding tert-OH is 1. The average Bonchev–Trinajstić information content (AvgIpc) is 3.77. The Labute approximate surface area is 234 Å². The second-order valence-electron chi connectivity index (χ2n) is 10.3. The predicted octanol–water partition coefficient (Wildman–Crippen LogP) is 4.67. The van der Waals surface area contributed by atoms with Crippen LogP contribution in [0.15, 0.2) is 54.7 Å². The molecular formula is C30H29FN8O2. The Bertz CT molecular complexity index is 1870. The Morgan fingerprint density at radius 2 is 1.88 bits per heavy atom. The van der Waals surface area contributed by atoms with Crippen LogP contribution in [-0.4, -0.2) is 71.2 Å². The van der Waals surface area contributed by atoms with Crippen LogP contribution in [0.1, 0.15) is 18.5 Å². The Morgan fingerprint density at radius 1 is 1.00 bits per heavy atom. The molecule has 11 heteroatoms. The average molecular weight is 553 g/mol. The minimum Gasteiger partial charge on any atom is -0.492 e. The number of ether oxygens (including phenoxy) is 1. The molecule has 5 heterocycles. The highest BCUT2D eigenvalue weighted by Crippen LogP contribution is 2.34. The van der Waals surface area contributed by atoms with Crippen LogP contribution in [0.5, 0.6) is 5.75 Å². The molecule has 0 spiro atoms. The van der Waals surface area contributed by atoms with Gasteiger partial charge in [0.15, 0.2) is 11.5 Å². The highest BCUT2D eigenvalue weighted by atomic mass is 19.1. The van der Waals surface area contributed by atoms with Gasteiger partial charge in [-0.05, 0) is 61.8 Å². The summed E-state index contributed by atoms with van der Waals surface area (Å²) in [7, 11) is 1.80. The predicted molar refractivity (Wildman–Crippen MR) is 154 cm³/mol. The molecule has 0 amide bonds. The number of aliphatic hydroxyl groups is 1. The van der Waals surface area contributed by atoms with E-state index in [1.165, 1.54) is 25.0 Å². The highest BCUT2D eigenvalue weighted by molar-refractivity contribution is 5.96. The zero-order chi connectivity index (χ0) is 27.9.